The number of benzene rings is 2. The minimum Gasteiger partial charge on any atom is -0.508 e. The van der Waals surface area contributed by atoms with Crippen LogP contribution in [-0.2, 0) is 0 Å². The van der Waals surface area contributed by atoms with Gasteiger partial charge in [-0.2, -0.15) is 4.98 Å². The molecule has 0 saturated heterocycles. The van der Waals surface area contributed by atoms with Crippen LogP contribution >= 0.6 is 0 Å². The van der Waals surface area contributed by atoms with Gasteiger partial charge in [0.1, 0.15) is 12.1 Å². The van der Waals surface area contributed by atoms with Crippen LogP contribution in [0.1, 0.15) is 5.56 Å². The number of rotatable bonds is 7. The molecule has 1 aromatic heterocycles. The van der Waals surface area contributed by atoms with Crippen molar-refractivity contribution in [3.8, 4) is 23.0 Å². The van der Waals surface area contributed by atoms with Crippen molar-refractivity contribution in [2.45, 2.75) is 6.92 Å². The van der Waals surface area contributed by atoms with Gasteiger partial charge in [0.05, 0.1) is 27.0 Å². The highest BCUT2D eigenvalue weighted by molar-refractivity contribution is 5.67. The second kappa shape index (κ2) is 8.51. The lowest BCUT2D eigenvalue weighted by Crippen LogP contribution is -2.14. The lowest BCUT2D eigenvalue weighted by molar-refractivity contribution is 0.324. The van der Waals surface area contributed by atoms with Crippen LogP contribution in [0.25, 0.3) is 0 Å². The number of nitrogens with one attached hydrogen (secondary N) is 1. The molecule has 0 aliphatic heterocycles. The predicted octanol–water partition coefficient (Wildman–Crippen LogP) is 3.42. The van der Waals surface area contributed by atoms with Crippen molar-refractivity contribution in [3.63, 3.8) is 0 Å². The third-order valence-corrected chi connectivity index (χ3v) is 4.36. The van der Waals surface area contributed by atoms with Gasteiger partial charge in [0.15, 0.2) is 11.5 Å². The molecule has 0 unspecified atom stereocenters. The molecule has 9 nitrogen and oxygen atoms in total. The fraction of sp³-hybridized carbons (Fsp3) is 0.250. The smallest absolute Gasteiger partial charge is 0.234 e. The maximum absolute atomic E-state index is 9.88. The molecule has 9 heteroatoms. The number of anilines is 4. The second-order valence-electron chi connectivity index (χ2n) is 6.18. The maximum atomic E-state index is 9.88. The molecule has 0 aliphatic carbocycles. The molecule has 0 aliphatic rings. The number of methoxy groups -OCH3 is 3. The number of ether oxygens (including phenoxy) is 3. The van der Waals surface area contributed by atoms with Gasteiger partial charge >= 0.3 is 0 Å². The van der Waals surface area contributed by atoms with E-state index in [1.165, 1.54) is 6.33 Å². The molecule has 1 heterocycles. The van der Waals surface area contributed by atoms with Crippen molar-refractivity contribution >= 4 is 23.3 Å². The maximum Gasteiger partial charge on any atom is 0.234 e. The number of aryl methyl sites for hydroxylation is 1. The molecule has 0 bridgehead atoms. The van der Waals surface area contributed by atoms with Crippen LogP contribution in [0.3, 0.4) is 0 Å². The van der Waals surface area contributed by atoms with Crippen LogP contribution in [0.4, 0.5) is 23.3 Å². The number of hydrogen-bond acceptors (Lipinski definition) is 9. The molecular formula is C20H23N5O4. The second-order valence-corrected chi connectivity index (χ2v) is 6.18. The molecule has 0 spiro atoms. The van der Waals surface area contributed by atoms with E-state index in [-0.39, 0.29) is 5.75 Å². The van der Waals surface area contributed by atoms with Crippen LogP contribution in [0, 0.1) is 6.92 Å². The lowest BCUT2D eigenvalue weighted by atomic mass is 10.2. The van der Waals surface area contributed by atoms with E-state index in [0.29, 0.717) is 34.8 Å². The summed E-state index contributed by atoms with van der Waals surface area (Å²) < 4.78 is 16.2. The molecular weight excluding hydrogens is 374 g/mol. The van der Waals surface area contributed by atoms with Crippen LogP contribution in [0.15, 0.2) is 36.7 Å². The Labute approximate surface area is 168 Å². The Bertz CT molecular complexity index is 987. The average Bonchev–Trinajstić information content (AvgIpc) is 2.74. The van der Waals surface area contributed by atoms with Crippen LogP contribution in [0.2, 0.25) is 0 Å². The fourth-order valence-electron chi connectivity index (χ4n) is 2.70. The van der Waals surface area contributed by atoms with Crippen molar-refractivity contribution in [2.75, 3.05) is 38.6 Å². The van der Waals surface area contributed by atoms with Crippen molar-refractivity contribution < 1.29 is 19.3 Å². The van der Waals surface area contributed by atoms with E-state index < -0.39 is 0 Å². The van der Waals surface area contributed by atoms with Gasteiger partial charge in [-0.25, -0.2) is 9.97 Å². The van der Waals surface area contributed by atoms with Crippen LogP contribution < -0.4 is 24.4 Å². The van der Waals surface area contributed by atoms with Gasteiger partial charge in [0.25, 0.3) is 0 Å². The minimum atomic E-state index is 0.193. The summed E-state index contributed by atoms with van der Waals surface area (Å²) in [6.07, 6.45) is 1.41. The fourth-order valence-corrected chi connectivity index (χ4v) is 2.70. The third kappa shape index (κ3) is 4.23. The first-order chi connectivity index (χ1) is 14.0. The quantitative estimate of drug-likeness (QED) is 0.621. The SMILES string of the molecule is COc1cc(N(C)c2ncnc(Nc3ccc(C)c(O)c3)n2)cc(OC)c1OC. The number of phenolic OH excluding ortho intramolecular Hbond substituents is 1. The van der Waals surface area contributed by atoms with E-state index >= 15 is 0 Å². The summed E-state index contributed by atoms with van der Waals surface area (Å²) in [7, 11) is 6.49. The van der Waals surface area contributed by atoms with Gasteiger partial charge in [-0.05, 0) is 18.6 Å². The average molecular weight is 397 g/mol. The minimum absolute atomic E-state index is 0.193. The standard InChI is InChI=1S/C20H23N5O4/c1-12-6-7-13(8-15(12)26)23-19-21-11-22-20(24-19)25(2)14-9-16(27-3)18(29-5)17(10-14)28-4/h6-11,26H,1-5H3,(H,21,22,23,24). The van der Waals surface area contributed by atoms with Gasteiger partial charge in [-0.15, -0.1) is 0 Å². The highest BCUT2D eigenvalue weighted by Crippen LogP contribution is 2.41. The summed E-state index contributed by atoms with van der Waals surface area (Å²) in [5, 5.41) is 12.9. The highest BCUT2D eigenvalue weighted by atomic mass is 16.5. The van der Waals surface area contributed by atoms with E-state index in [4.69, 9.17) is 14.2 Å². The summed E-state index contributed by atoms with van der Waals surface area (Å²) >= 11 is 0. The monoisotopic (exact) mass is 397 g/mol. The van der Waals surface area contributed by atoms with Crippen molar-refractivity contribution in [1.82, 2.24) is 15.0 Å². The number of aromatic hydroxyl groups is 1. The molecule has 0 radical (unpaired) electrons. The van der Waals surface area contributed by atoms with Gasteiger partial charge in [0, 0.05) is 30.9 Å². The summed E-state index contributed by atoms with van der Waals surface area (Å²) in [4.78, 5) is 14.6. The lowest BCUT2D eigenvalue weighted by Gasteiger charge is -2.20. The first-order valence-electron chi connectivity index (χ1n) is 8.76. The Morgan fingerprint density at radius 1 is 0.966 bits per heavy atom. The first-order valence-corrected chi connectivity index (χ1v) is 8.76. The molecule has 0 saturated carbocycles. The molecule has 0 atom stereocenters. The Kier molecular flexibility index (Phi) is 5.87. The number of aromatic nitrogens is 3. The Morgan fingerprint density at radius 3 is 2.24 bits per heavy atom. The Hall–Kier alpha value is -3.75. The normalized spacial score (nSPS) is 10.4. The Morgan fingerprint density at radius 2 is 1.66 bits per heavy atom. The zero-order chi connectivity index (χ0) is 21.0. The topological polar surface area (TPSA) is 102 Å². The molecule has 3 rings (SSSR count). The molecule has 29 heavy (non-hydrogen) atoms. The molecule has 3 aromatic rings. The van der Waals surface area contributed by atoms with E-state index in [2.05, 4.69) is 20.3 Å². The number of nitrogens with zero attached hydrogens (tertiary/aromatic N) is 4. The van der Waals surface area contributed by atoms with E-state index in [1.54, 1.807) is 44.4 Å². The van der Waals surface area contributed by atoms with Crippen molar-refractivity contribution in [1.29, 1.82) is 0 Å². The van der Waals surface area contributed by atoms with E-state index in [1.807, 2.05) is 26.1 Å². The summed E-state index contributed by atoms with van der Waals surface area (Å²) in [5.74, 6) is 2.50. The molecule has 2 aromatic carbocycles. The number of phenols is 1. The largest absolute Gasteiger partial charge is 0.508 e. The van der Waals surface area contributed by atoms with Gasteiger partial charge < -0.3 is 29.5 Å². The van der Waals surface area contributed by atoms with E-state index in [0.717, 1.165) is 11.3 Å². The van der Waals surface area contributed by atoms with Crippen LogP contribution in [-0.4, -0.2) is 48.4 Å². The molecule has 0 amide bonds. The van der Waals surface area contributed by atoms with Crippen molar-refractivity contribution in [2.24, 2.45) is 0 Å². The predicted molar refractivity (Wildman–Crippen MR) is 110 cm³/mol. The summed E-state index contributed by atoms with van der Waals surface area (Å²) in [6, 6.07) is 8.86. The van der Waals surface area contributed by atoms with Gasteiger partial charge in [-0.1, -0.05) is 6.07 Å². The zero-order valence-electron chi connectivity index (χ0n) is 16.9. The highest BCUT2D eigenvalue weighted by Gasteiger charge is 2.17. The Balaban J connectivity index is 1.91. The first kappa shape index (κ1) is 20.0. The molecule has 2 N–H and O–H groups in total. The van der Waals surface area contributed by atoms with E-state index in [9.17, 15) is 5.11 Å². The van der Waals surface area contributed by atoms with Crippen LogP contribution in [0.5, 0.6) is 23.0 Å². The summed E-state index contributed by atoms with van der Waals surface area (Å²) in [6.45, 7) is 1.83. The number of hydrogen-bond donors (Lipinski definition) is 2. The molecule has 152 valence electrons. The van der Waals surface area contributed by atoms with Crippen molar-refractivity contribution in [3.05, 3.63) is 42.2 Å². The third-order valence-electron chi connectivity index (χ3n) is 4.36. The molecule has 0 fully saturated rings. The van der Waals surface area contributed by atoms with Gasteiger partial charge in [0.2, 0.25) is 17.6 Å². The zero-order valence-corrected chi connectivity index (χ0v) is 16.9. The summed E-state index contributed by atoms with van der Waals surface area (Å²) in [5.41, 5.74) is 2.19. The van der Waals surface area contributed by atoms with Gasteiger partial charge in [-0.3, -0.25) is 0 Å².